The lowest BCUT2D eigenvalue weighted by molar-refractivity contribution is -1.03. The average Bonchev–Trinajstić information content (AvgIpc) is 2.43. The van der Waals surface area contributed by atoms with Crippen LogP contribution in [0.25, 0.3) is 0 Å². The van der Waals surface area contributed by atoms with E-state index in [4.69, 9.17) is 5.21 Å². The Bertz CT molecular complexity index is 428. The van der Waals surface area contributed by atoms with E-state index in [0.29, 0.717) is 12.1 Å². The molecule has 0 radical (unpaired) electrons. The van der Waals surface area contributed by atoms with Crippen molar-refractivity contribution in [3.8, 4) is 0 Å². The zero-order valence-corrected chi connectivity index (χ0v) is 9.85. The number of nitrogens with zero attached hydrogens (tertiary/aromatic N) is 1. The van der Waals surface area contributed by atoms with Gasteiger partial charge in [0.15, 0.2) is 5.78 Å². The van der Waals surface area contributed by atoms with Crippen LogP contribution in [-0.4, -0.2) is 16.0 Å². The van der Waals surface area contributed by atoms with E-state index in [0.717, 1.165) is 11.3 Å². The molecule has 1 atom stereocenters. The maximum atomic E-state index is 11.8. The molecule has 2 rings (SSSR count). The van der Waals surface area contributed by atoms with Crippen molar-refractivity contribution < 1.29 is 15.3 Å². The number of fused-ring (bicyclic) bond motifs is 1. The summed E-state index contributed by atoms with van der Waals surface area (Å²) in [4.78, 5) is 16.7. The predicted octanol–water partition coefficient (Wildman–Crippen LogP) is 0.397. The molecule has 0 spiro atoms. The molecular formula is C9H13N3O3S. The summed E-state index contributed by atoms with van der Waals surface area (Å²) < 4.78 is 0. The van der Waals surface area contributed by atoms with Gasteiger partial charge in [0.2, 0.25) is 5.13 Å². The van der Waals surface area contributed by atoms with Crippen molar-refractivity contribution in [3.05, 3.63) is 15.8 Å². The molecule has 88 valence electrons. The summed E-state index contributed by atoms with van der Waals surface area (Å²) in [5, 5.41) is 18.2. The van der Waals surface area contributed by atoms with Crippen LogP contribution in [-0.2, 0) is 6.42 Å². The molecule has 0 bridgehead atoms. The minimum Gasteiger partial charge on any atom is -0.574 e. The second-order valence-electron chi connectivity index (χ2n) is 4.66. The standard InChI is InChI=1S/C9H13N3O3S/c1-9(2)3-5(13)7-6(4-9)16-8(10-7)11-12(14)15/h12,14H,3-4H2,1-2H3,(H,10,11). The third kappa shape index (κ3) is 2.22. The first-order valence-electron chi connectivity index (χ1n) is 4.90. The van der Waals surface area contributed by atoms with Crippen LogP contribution in [0.5, 0.6) is 0 Å². The Hall–Kier alpha value is -1.02. The normalized spacial score (nSPS) is 20.4. The van der Waals surface area contributed by atoms with Gasteiger partial charge in [0.1, 0.15) is 5.69 Å². The van der Waals surface area contributed by atoms with Crippen LogP contribution in [0.4, 0.5) is 5.13 Å². The van der Waals surface area contributed by atoms with Gasteiger partial charge in [-0.3, -0.25) is 4.79 Å². The number of hydrogen-bond acceptors (Lipinski definition) is 6. The molecule has 1 heterocycles. The number of carbonyl (C=O) groups is 1. The van der Waals surface area contributed by atoms with E-state index in [1.807, 2.05) is 13.8 Å². The fourth-order valence-electron chi connectivity index (χ4n) is 1.85. The first kappa shape index (κ1) is 11.5. The highest BCUT2D eigenvalue weighted by atomic mass is 32.1. The number of hydrogen-bond donors (Lipinski definition) is 3. The van der Waals surface area contributed by atoms with Gasteiger partial charge >= 0.3 is 0 Å². The lowest BCUT2D eigenvalue weighted by atomic mass is 9.78. The molecule has 1 aliphatic carbocycles. The number of aromatic nitrogens is 1. The summed E-state index contributed by atoms with van der Waals surface area (Å²) in [6.07, 6.45) is 1.24. The van der Waals surface area contributed by atoms with E-state index in [2.05, 4.69) is 10.4 Å². The van der Waals surface area contributed by atoms with Crippen molar-refractivity contribution >= 4 is 22.3 Å². The van der Waals surface area contributed by atoms with Crippen molar-refractivity contribution in [1.29, 1.82) is 0 Å². The number of rotatable bonds is 2. The largest absolute Gasteiger partial charge is 0.574 e. The van der Waals surface area contributed by atoms with Gasteiger partial charge in [-0.25, -0.2) is 4.98 Å². The van der Waals surface area contributed by atoms with Crippen LogP contribution in [0.15, 0.2) is 0 Å². The van der Waals surface area contributed by atoms with Crippen LogP contribution < -0.4 is 10.8 Å². The first-order valence-corrected chi connectivity index (χ1v) is 5.72. The Labute approximate surface area is 96.4 Å². The summed E-state index contributed by atoms with van der Waals surface area (Å²) in [7, 11) is 0. The summed E-state index contributed by atoms with van der Waals surface area (Å²) in [5.74, 6) is 0.000869. The molecule has 0 saturated carbocycles. The van der Waals surface area contributed by atoms with Crippen molar-refractivity contribution in [1.82, 2.24) is 4.98 Å². The Morgan fingerprint density at radius 1 is 1.56 bits per heavy atom. The van der Waals surface area contributed by atoms with Crippen molar-refractivity contribution in [2.24, 2.45) is 5.41 Å². The minimum absolute atomic E-state index is 0.000869. The molecule has 1 aromatic rings. The highest BCUT2D eigenvalue weighted by Crippen LogP contribution is 2.38. The third-order valence-electron chi connectivity index (χ3n) is 2.45. The Morgan fingerprint density at radius 2 is 2.25 bits per heavy atom. The Morgan fingerprint density at radius 3 is 2.88 bits per heavy atom. The van der Waals surface area contributed by atoms with Crippen molar-refractivity contribution in [2.45, 2.75) is 26.7 Å². The highest BCUT2D eigenvalue weighted by molar-refractivity contribution is 7.15. The van der Waals surface area contributed by atoms with Crippen LogP contribution in [0, 0.1) is 10.6 Å². The Balaban J connectivity index is 2.30. The van der Waals surface area contributed by atoms with Gasteiger partial charge in [0.25, 0.3) is 0 Å². The molecule has 6 nitrogen and oxygen atoms in total. The molecule has 0 aliphatic heterocycles. The molecule has 0 fully saturated rings. The zero-order valence-electron chi connectivity index (χ0n) is 9.03. The van der Waals surface area contributed by atoms with Gasteiger partial charge in [-0.05, 0) is 11.8 Å². The van der Waals surface area contributed by atoms with Crippen LogP contribution in [0.2, 0.25) is 0 Å². The second kappa shape index (κ2) is 3.77. The molecule has 16 heavy (non-hydrogen) atoms. The quantitative estimate of drug-likeness (QED) is 0.654. The van der Waals surface area contributed by atoms with E-state index in [9.17, 15) is 10.0 Å². The molecule has 1 aromatic heterocycles. The van der Waals surface area contributed by atoms with Gasteiger partial charge in [-0.1, -0.05) is 25.2 Å². The fourth-order valence-corrected chi connectivity index (χ4v) is 3.08. The molecule has 1 aliphatic rings. The van der Waals surface area contributed by atoms with Crippen molar-refractivity contribution in [3.63, 3.8) is 0 Å². The van der Waals surface area contributed by atoms with E-state index in [-0.39, 0.29) is 16.3 Å². The zero-order chi connectivity index (χ0) is 11.9. The third-order valence-corrected chi connectivity index (χ3v) is 3.42. The molecule has 3 N–H and O–H groups in total. The number of anilines is 1. The van der Waals surface area contributed by atoms with Gasteiger partial charge in [0, 0.05) is 11.3 Å². The molecule has 0 amide bonds. The summed E-state index contributed by atoms with van der Waals surface area (Å²) in [6.45, 7) is 4.05. The van der Waals surface area contributed by atoms with E-state index >= 15 is 0 Å². The first-order chi connectivity index (χ1) is 7.37. The maximum Gasteiger partial charge on any atom is 0.233 e. The number of nitrogens with one attached hydrogen (secondary N) is 2. The minimum atomic E-state index is -1.15. The van der Waals surface area contributed by atoms with Gasteiger partial charge in [0.05, 0.1) is 0 Å². The number of thiazole rings is 1. The highest BCUT2D eigenvalue weighted by Gasteiger charge is 2.34. The van der Waals surface area contributed by atoms with Gasteiger partial charge < -0.3 is 5.21 Å². The molecule has 0 aromatic carbocycles. The Kier molecular flexibility index (Phi) is 2.70. The topological polar surface area (TPSA) is 89.7 Å². The van der Waals surface area contributed by atoms with Crippen LogP contribution in [0.1, 0.15) is 35.6 Å². The number of quaternary nitrogens is 1. The van der Waals surface area contributed by atoms with Gasteiger partial charge in [-0.2, -0.15) is 10.6 Å². The monoisotopic (exact) mass is 243 g/mol. The lowest BCUT2D eigenvalue weighted by Crippen LogP contribution is -3.08. The molecule has 7 heteroatoms. The molecular weight excluding hydrogens is 230 g/mol. The van der Waals surface area contributed by atoms with E-state index < -0.39 is 5.34 Å². The van der Waals surface area contributed by atoms with E-state index in [1.54, 1.807) is 0 Å². The van der Waals surface area contributed by atoms with E-state index in [1.165, 1.54) is 11.3 Å². The smallest absolute Gasteiger partial charge is 0.233 e. The second-order valence-corrected chi connectivity index (χ2v) is 5.75. The molecule has 0 saturated heterocycles. The summed E-state index contributed by atoms with van der Waals surface area (Å²) in [6, 6.07) is 0. The molecule has 1 unspecified atom stereocenters. The van der Waals surface area contributed by atoms with Crippen molar-refractivity contribution in [2.75, 3.05) is 5.43 Å². The average molecular weight is 243 g/mol. The van der Waals surface area contributed by atoms with Crippen LogP contribution >= 0.6 is 11.3 Å². The van der Waals surface area contributed by atoms with Crippen LogP contribution in [0.3, 0.4) is 0 Å². The fraction of sp³-hybridized carbons (Fsp3) is 0.556. The lowest BCUT2D eigenvalue weighted by Gasteiger charge is -2.26. The number of Topliss-reactive ketones (excluding diaryl/α,β-unsaturated/α-hetero) is 1. The summed E-state index contributed by atoms with van der Waals surface area (Å²) in [5.41, 5.74) is 2.56. The number of ketones is 1. The predicted molar refractivity (Wildman–Crippen MR) is 58.3 cm³/mol. The number of carbonyl (C=O) groups excluding carboxylic acids is 1. The maximum absolute atomic E-state index is 11.8. The van der Waals surface area contributed by atoms with Gasteiger partial charge in [-0.15, -0.1) is 5.34 Å². The summed E-state index contributed by atoms with van der Waals surface area (Å²) >= 11 is 1.25. The SMILES string of the molecule is CC1(C)CC(=O)c2nc(N[NH+]([O-])O)sc2C1.